The molecule has 0 N–H and O–H groups in total. The van der Waals surface area contributed by atoms with E-state index in [-0.39, 0.29) is 5.97 Å². The van der Waals surface area contributed by atoms with Crippen molar-refractivity contribution >= 4 is 5.97 Å². The maximum atomic E-state index is 11.9. The summed E-state index contributed by atoms with van der Waals surface area (Å²) in [5.74, 6) is 0.514. The predicted molar refractivity (Wildman–Crippen MR) is 88.3 cm³/mol. The highest BCUT2D eigenvalue weighted by Gasteiger charge is 2.14. The standard InChI is InChI=1S/C19H20O3/c1-4-5-8-15-13-14(11-12-18(15)21-2)16-9-6-7-10-17(16)19(20)22-3/h4,6-7,9-13H,1,5,8H2,2-3H3. The third-order valence-corrected chi connectivity index (χ3v) is 3.54. The van der Waals surface area contributed by atoms with Gasteiger partial charge < -0.3 is 9.47 Å². The molecular formula is C19H20O3. The number of ether oxygens (including phenoxy) is 2. The molecular weight excluding hydrogens is 276 g/mol. The minimum absolute atomic E-state index is 0.334. The average Bonchev–Trinajstić information content (AvgIpc) is 2.59. The number of methoxy groups -OCH3 is 2. The molecule has 0 saturated heterocycles. The van der Waals surface area contributed by atoms with Crippen molar-refractivity contribution in [3.63, 3.8) is 0 Å². The molecule has 0 aliphatic rings. The maximum Gasteiger partial charge on any atom is 0.338 e. The lowest BCUT2D eigenvalue weighted by atomic mass is 9.96. The van der Waals surface area contributed by atoms with Crippen LogP contribution in [0.2, 0.25) is 0 Å². The van der Waals surface area contributed by atoms with Gasteiger partial charge in [0.15, 0.2) is 0 Å². The van der Waals surface area contributed by atoms with Crippen LogP contribution < -0.4 is 4.74 Å². The fourth-order valence-electron chi connectivity index (χ4n) is 2.42. The lowest BCUT2D eigenvalue weighted by Crippen LogP contribution is -2.03. The number of carbonyl (C=O) groups excluding carboxylic acids is 1. The topological polar surface area (TPSA) is 35.5 Å². The Morgan fingerprint density at radius 2 is 1.95 bits per heavy atom. The fourth-order valence-corrected chi connectivity index (χ4v) is 2.42. The zero-order chi connectivity index (χ0) is 15.9. The number of benzene rings is 2. The molecule has 22 heavy (non-hydrogen) atoms. The zero-order valence-electron chi connectivity index (χ0n) is 13.0. The zero-order valence-corrected chi connectivity index (χ0v) is 13.0. The van der Waals surface area contributed by atoms with E-state index in [1.54, 1.807) is 13.2 Å². The molecule has 0 fully saturated rings. The molecule has 0 spiro atoms. The van der Waals surface area contributed by atoms with Crippen LogP contribution in [0.25, 0.3) is 11.1 Å². The summed E-state index contributed by atoms with van der Waals surface area (Å²) in [7, 11) is 3.05. The number of rotatable bonds is 6. The molecule has 3 nitrogen and oxygen atoms in total. The minimum atomic E-state index is -0.334. The van der Waals surface area contributed by atoms with Crippen molar-refractivity contribution in [2.24, 2.45) is 0 Å². The predicted octanol–water partition coefficient (Wildman–Crippen LogP) is 4.27. The molecule has 0 aromatic heterocycles. The second kappa shape index (κ2) is 7.46. The molecule has 3 heteroatoms. The van der Waals surface area contributed by atoms with Gasteiger partial charge in [-0.15, -0.1) is 6.58 Å². The summed E-state index contributed by atoms with van der Waals surface area (Å²) in [6.45, 7) is 3.76. The molecule has 0 radical (unpaired) electrons. The molecule has 0 atom stereocenters. The van der Waals surface area contributed by atoms with Crippen molar-refractivity contribution in [1.29, 1.82) is 0 Å². The van der Waals surface area contributed by atoms with E-state index < -0.39 is 0 Å². The van der Waals surface area contributed by atoms with E-state index >= 15 is 0 Å². The first-order valence-electron chi connectivity index (χ1n) is 7.16. The van der Waals surface area contributed by atoms with Crippen molar-refractivity contribution in [1.82, 2.24) is 0 Å². The quantitative estimate of drug-likeness (QED) is 0.590. The van der Waals surface area contributed by atoms with Gasteiger partial charge in [-0.3, -0.25) is 0 Å². The maximum absolute atomic E-state index is 11.9. The van der Waals surface area contributed by atoms with Gasteiger partial charge in [0.1, 0.15) is 5.75 Å². The first kappa shape index (κ1) is 15.8. The highest BCUT2D eigenvalue weighted by Crippen LogP contribution is 2.30. The Hall–Kier alpha value is -2.55. The number of hydrogen-bond donors (Lipinski definition) is 0. The molecule has 0 heterocycles. The smallest absolute Gasteiger partial charge is 0.338 e. The molecule has 0 aliphatic heterocycles. The second-order valence-electron chi connectivity index (χ2n) is 4.89. The van der Waals surface area contributed by atoms with Gasteiger partial charge in [0.05, 0.1) is 19.8 Å². The van der Waals surface area contributed by atoms with Crippen LogP contribution in [0.5, 0.6) is 5.75 Å². The normalized spacial score (nSPS) is 10.1. The Bertz CT molecular complexity index is 674. The van der Waals surface area contributed by atoms with Crippen molar-refractivity contribution in [2.75, 3.05) is 14.2 Å². The summed E-state index contributed by atoms with van der Waals surface area (Å²) < 4.78 is 10.3. The lowest BCUT2D eigenvalue weighted by Gasteiger charge is -2.12. The number of carbonyl (C=O) groups is 1. The van der Waals surface area contributed by atoms with Crippen molar-refractivity contribution in [2.45, 2.75) is 12.8 Å². The Morgan fingerprint density at radius 1 is 1.18 bits per heavy atom. The Morgan fingerprint density at radius 3 is 2.64 bits per heavy atom. The van der Waals surface area contributed by atoms with Gasteiger partial charge in [-0.1, -0.05) is 30.3 Å². The van der Waals surface area contributed by atoms with Crippen LogP contribution in [-0.2, 0) is 11.2 Å². The van der Waals surface area contributed by atoms with E-state index in [2.05, 4.69) is 12.6 Å². The number of allylic oxidation sites excluding steroid dienone is 1. The summed E-state index contributed by atoms with van der Waals surface area (Å²) in [5, 5.41) is 0. The third-order valence-electron chi connectivity index (χ3n) is 3.54. The van der Waals surface area contributed by atoms with Gasteiger partial charge in [-0.25, -0.2) is 4.79 Å². The molecule has 0 unspecified atom stereocenters. The molecule has 2 rings (SSSR count). The number of aryl methyl sites for hydroxylation is 1. The largest absolute Gasteiger partial charge is 0.496 e. The molecule has 2 aromatic carbocycles. The van der Waals surface area contributed by atoms with Crippen molar-refractivity contribution < 1.29 is 14.3 Å². The van der Waals surface area contributed by atoms with Crippen LogP contribution in [0, 0.1) is 0 Å². The average molecular weight is 296 g/mol. The van der Waals surface area contributed by atoms with E-state index in [0.29, 0.717) is 5.56 Å². The molecule has 0 bridgehead atoms. The van der Waals surface area contributed by atoms with Gasteiger partial charge in [0.25, 0.3) is 0 Å². The second-order valence-corrected chi connectivity index (χ2v) is 4.89. The van der Waals surface area contributed by atoms with E-state index in [1.807, 2.05) is 36.4 Å². The van der Waals surface area contributed by atoms with Gasteiger partial charge in [-0.05, 0) is 47.7 Å². The van der Waals surface area contributed by atoms with E-state index in [0.717, 1.165) is 35.3 Å². The Labute approximate surface area is 131 Å². The van der Waals surface area contributed by atoms with Gasteiger partial charge in [0, 0.05) is 0 Å². The lowest BCUT2D eigenvalue weighted by molar-refractivity contribution is 0.0601. The van der Waals surface area contributed by atoms with E-state index in [4.69, 9.17) is 9.47 Å². The van der Waals surface area contributed by atoms with Crippen molar-refractivity contribution in [3.05, 3.63) is 66.2 Å². The van der Waals surface area contributed by atoms with Crippen molar-refractivity contribution in [3.8, 4) is 16.9 Å². The van der Waals surface area contributed by atoms with E-state index in [9.17, 15) is 4.79 Å². The van der Waals surface area contributed by atoms with Crippen LogP contribution in [0.15, 0.2) is 55.1 Å². The van der Waals surface area contributed by atoms with Gasteiger partial charge >= 0.3 is 5.97 Å². The van der Waals surface area contributed by atoms with Gasteiger partial charge in [0.2, 0.25) is 0 Å². The summed E-state index contributed by atoms with van der Waals surface area (Å²) in [5.41, 5.74) is 3.49. The number of hydrogen-bond acceptors (Lipinski definition) is 3. The molecule has 0 amide bonds. The summed E-state index contributed by atoms with van der Waals surface area (Å²) >= 11 is 0. The van der Waals surface area contributed by atoms with Crippen LogP contribution in [0.1, 0.15) is 22.3 Å². The third kappa shape index (κ3) is 3.37. The Kier molecular flexibility index (Phi) is 5.37. The summed E-state index contributed by atoms with van der Waals surface area (Å²) in [4.78, 5) is 11.9. The van der Waals surface area contributed by atoms with Crippen LogP contribution in [0.4, 0.5) is 0 Å². The highest BCUT2D eigenvalue weighted by atomic mass is 16.5. The van der Waals surface area contributed by atoms with E-state index in [1.165, 1.54) is 7.11 Å². The molecule has 2 aromatic rings. The van der Waals surface area contributed by atoms with Gasteiger partial charge in [-0.2, -0.15) is 0 Å². The minimum Gasteiger partial charge on any atom is -0.496 e. The monoisotopic (exact) mass is 296 g/mol. The summed E-state index contributed by atoms with van der Waals surface area (Å²) in [6.07, 6.45) is 3.61. The molecule has 0 aliphatic carbocycles. The SMILES string of the molecule is C=CCCc1cc(-c2ccccc2C(=O)OC)ccc1OC. The highest BCUT2D eigenvalue weighted by molar-refractivity contribution is 5.97. The van der Waals surface area contributed by atoms with Crippen LogP contribution in [-0.4, -0.2) is 20.2 Å². The fraction of sp³-hybridized carbons (Fsp3) is 0.211. The first-order chi connectivity index (χ1) is 10.7. The first-order valence-corrected chi connectivity index (χ1v) is 7.16. The molecule has 0 saturated carbocycles. The molecule has 114 valence electrons. The number of esters is 1. The van der Waals surface area contributed by atoms with Crippen LogP contribution >= 0.6 is 0 Å². The Balaban J connectivity index is 2.49. The summed E-state index contributed by atoms with van der Waals surface area (Å²) in [6, 6.07) is 13.4. The van der Waals surface area contributed by atoms with Crippen LogP contribution in [0.3, 0.4) is 0 Å².